The van der Waals surface area contributed by atoms with Gasteiger partial charge in [-0.05, 0) is 54.8 Å². The molecule has 1 aliphatic rings. The second kappa shape index (κ2) is 8.88. The molecule has 25 heavy (non-hydrogen) atoms. The quantitative estimate of drug-likeness (QED) is 0.832. The highest BCUT2D eigenvalue weighted by atomic mass is 35.5. The number of carbonyl (C=O) groups excluding carboxylic acids is 1. The average Bonchev–Trinajstić information content (AvgIpc) is 2.61. The summed E-state index contributed by atoms with van der Waals surface area (Å²) < 4.78 is 5.82. The fourth-order valence-electron chi connectivity index (χ4n) is 2.98. The number of piperidine rings is 1. The predicted molar refractivity (Wildman–Crippen MR) is 100.0 cm³/mol. The third kappa shape index (κ3) is 5.76. The van der Waals surface area contributed by atoms with Gasteiger partial charge in [0.15, 0.2) is 0 Å². The highest BCUT2D eigenvalue weighted by Gasteiger charge is 2.15. The standard InChI is InChI=1S/C20H23ClN2O2/c21-17-6-1-5-16(10-17)14-25-19-8-2-4-15(11-19)12-20(24)23-18-7-3-9-22-13-18/h1-2,4-6,8,10-11,18,22H,3,7,9,12-14H2,(H,23,24)/t18-/m0/s1. The van der Waals surface area contributed by atoms with Crippen LogP contribution in [0.15, 0.2) is 48.5 Å². The van der Waals surface area contributed by atoms with Crippen LogP contribution >= 0.6 is 11.6 Å². The Morgan fingerprint density at radius 2 is 2.04 bits per heavy atom. The van der Waals surface area contributed by atoms with E-state index in [0.29, 0.717) is 18.1 Å². The van der Waals surface area contributed by atoms with Crippen molar-refractivity contribution in [3.63, 3.8) is 0 Å². The number of rotatable bonds is 6. The van der Waals surface area contributed by atoms with Crippen LogP contribution in [0.2, 0.25) is 5.02 Å². The average molecular weight is 359 g/mol. The Kier molecular flexibility index (Phi) is 6.31. The van der Waals surface area contributed by atoms with Gasteiger partial charge in [-0.25, -0.2) is 0 Å². The van der Waals surface area contributed by atoms with Crippen molar-refractivity contribution in [1.29, 1.82) is 0 Å². The summed E-state index contributed by atoms with van der Waals surface area (Å²) in [5.41, 5.74) is 1.96. The van der Waals surface area contributed by atoms with E-state index < -0.39 is 0 Å². The van der Waals surface area contributed by atoms with Crippen LogP contribution in [0.25, 0.3) is 0 Å². The molecule has 0 bridgehead atoms. The summed E-state index contributed by atoms with van der Waals surface area (Å²) in [5.74, 6) is 0.810. The molecule has 1 amide bonds. The zero-order valence-corrected chi connectivity index (χ0v) is 14.9. The van der Waals surface area contributed by atoms with Crippen molar-refractivity contribution in [2.75, 3.05) is 13.1 Å². The van der Waals surface area contributed by atoms with Gasteiger partial charge in [-0.15, -0.1) is 0 Å². The molecule has 5 heteroatoms. The molecule has 0 aromatic heterocycles. The van der Waals surface area contributed by atoms with Crippen LogP contribution in [0.1, 0.15) is 24.0 Å². The smallest absolute Gasteiger partial charge is 0.224 e. The Labute approximate surface area is 153 Å². The SMILES string of the molecule is O=C(Cc1cccc(OCc2cccc(Cl)c2)c1)N[C@H]1CCCNC1. The molecular weight excluding hydrogens is 336 g/mol. The van der Waals surface area contributed by atoms with Gasteiger partial charge in [0.25, 0.3) is 0 Å². The topological polar surface area (TPSA) is 50.4 Å². The van der Waals surface area contributed by atoms with E-state index in [0.717, 1.165) is 42.8 Å². The van der Waals surface area contributed by atoms with E-state index in [1.165, 1.54) is 0 Å². The molecule has 0 radical (unpaired) electrons. The molecule has 1 fully saturated rings. The minimum atomic E-state index is 0.0562. The summed E-state index contributed by atoms with van der Waals surface area (Å²) in [5, 5.41) is 7.10. The third-order valence-corrected chi connectivity index (χ3v) is 4.45. The first-order valence-corrected chi connectivity index (χ1v) is 9.03. The molecule has 1 aliphatic heterocycles. The second-order valence-corrected chi connectivity index (χ2v) is 6.79. The van der Waals surface area contributed by atoms with Crippen molar-refractivity contribution in [3.05, 3.63) is 64.7 Å². The summed E-state index contributed by atoms with van der Waals surface area (Å²) in [6.45, 7) is 2.34. The van der Waals surface area contributed by atoms with Gasteiger partial charge in [-0.1, -0.05) is 35.9 Å². The molecule has 2 aromatic rings. The van der Waals surface area contributed by atoms with Crippen molar-refractivity contribution < 1.29 is 9.53 Å². The minimum Gasteiger partial charge on any atom is -0.489 e. The Balaban J connectivity index is 1.52. The number of hydrogen-bond acceptors (Lipinski definition) is 3. The Morgan fingerprint density at radius 3 is 2.84 bits per heavy atom. The molecule has 0 saturated carbocycles. The van der Waals surface area contributed by atoms with E-state index in [2.05, 4.69) is 10.6 Å². The van der Waals surface area contributed by atoms with Gasteiger partial charge in [0, 0.05) is 17.6 Å². The number of nitrogens with one attached hydrogen (secondary N) is 2. The molecule has 132 valence electrons. The molecule has 3 rings (SSSR count). The van der Waals surface area contributed by atoms with Crippen LogP contribution in [0.5, 0.6) is 5.75 Å². The third-order valence-electron chi connectivity index (χ3n) is 4.22. The molecule has 0 spiro atoms. The lowest BCUT2D eigenvalue weighted by Gasteiger charge is -2.23. The summed E-state index contributed by atoms with van der Waals surface area (Å²) in [6, 6.07) is 15.5. The van der Waals surface area contributed by atoms with Crippen LogP contribution in [-0.4, -0.2) is 25.0 Å². The highest BCUT2D eigenvalue weighted by molar-refractivity contribution is 6.30. The number of ether oxygens (including phenoxy) is 1. The maximum atomic E-state index is 12.2. The predicted octanol–water partition coefficient (Wildman–Crippen LogP) is 3.33. The van der Waals surface area contributed by atoms with E-state index in [1.807, 2.05) is 48.5 Å². The summed E-state index contributed by atoms with van der Waals surface area (Å²) in [6.07, 6.45) is 2.52. The Bertz CT molecular complexity index is 714. The molecule has 2 aromatic carbocycles. The first kappa shape index (κ1) is 17.8. The van der Waals surface area contributed by atoms with E-state index in [4.69, 9.17) is 16.3 Å². The minimum absolute atomic E-state index is 0.0562. The van der Waals surface area contributed by atoms with Crippen molar-refractivity contribution in [2.45, 2.75) is 31.9 Å². The summed E-state index contributed by atoms with van der Waals surface area (Å²) in [7, 11) is 0. The largest absolute Gasteiger partial charge is 0.489 e. The second-order valence-electron chi connectivity index (χ2n) is 6.35. The van der Waals surface area contributed by atoms with Crippen LogP contribution in [0.3, 0.4) is 0 Å². The lowest BCUT2D eigenvalue weighted by atomic mass is 10.1. The van der Waals surface area contributed by atoms with Crippen molar-refractivity contribution >= 4 is 17.5 Å². The number of amides is 1. The number of carbonyl (C=O) groups is 1. The van der Waals surface area contributed by atoms with Crippen molar-refractivity contribution in [1.82, 2.24) is 10.6 Å². The first-order valence-electron chi connectivity index (χ1n) is 8.65. The molecular formula is C20H23ClN2O2. The highest BCUT2D eigenvalue weighted by Crippen LogP contribution is 2.17. The van der Waals surface area contributed by atoms with Gasteiger partial charge in [-0.2, -0.15) is 0 Å². The van der Waals surface area contributed by atoms with Crippen LogP contribution < -0.4 is 15.4 Å². The maximum Gasteiger partial charge on any atom is 0.224 e. The Hall–Kier alpha value is -2.04. The van der Waals surface area contributed by atoms with E-state index in [1.54, 1.807) is 0 Å². The monoisotopic (exact) mass is 358 g/mol. The van der Waals surface area contributed by atoms with Gasteiger partial charge in [-0.3, -0.25) is 4.79 Å². The number of hydrogen-bond donors (Lipinski definition) is 2. The molecule has 1 saturated heterocycles. The van der Waals surface area contributed by atoms with Crippen LogP contribution in [-0.2, 0) is 17.8 Å². The van der Waals surface area contributed by atoms with Crippen LogP contribution in [0, 0.1) is 0 Å². The fourth-order valence-corrected chi connectivity index (χ4v) is 3.19. The van der Waals surface area contributed by atoms with Gasteiger partial charge < -0.3 is 15.4 Å². The zero-order valence-electron chi connectivity index (χ0n) is 14.1. The van der Waals surface area contributed by atoms with E-state index in [-0.39, 0.29) is 11.9 Å². The normalized spacial score (nSPS) is 17.1. The fraction of sp³-hybridized carbons (Fsp3) is 0.350. The van der Waals surface area contributed by atoms with Crippen molar-refractivity contribution in [2.24, 2.45) is 0 Å². The zero-order chi connectivity index (χ0) is 17.5. The van der Waals surface area contributed by atoms with Gasteiger partial charge >= 0.3 is 0 Å². The van der Waals surface area contributed by atoms with Gasteiger partial charge in [0.05, 0.1) is 6.42 Å². The molecule has 1 atom stereocenters. The summed E-state index contributed by atoms with van der Waals surface area (Å²) >= 11 is 5.98. The maximum absolute atomic E-state index is 12.2. The molecule has 2 N–H and O–H groups in total. The lowest BCUT2D eigenvalue weighted by molar-refractivity contribution is -0.121. The first-order chi connectivity index (χ1) is 12.2. The van der Waals surface area contributed by atoms with Crippen LogP contribution in [0.4, 0.5) is 0 Å². The van der Waals surface area contributed by atoms with Crippen molar-refractivity contribution in [3.8, 4) is 5.75 Å². The number of halogens is 1. The number of benzene rings is 2. The van der Waals surface area contributed by atoms with E-state index in [9.17, 15) is 4.79 Å². The van der Waals surface area contributed by atoms with Gasteiger partial charge in [0.1, 0.15) is 12.4 Å². The lowest BCUT2D eigenvalue weighted by Crippen LogP contribution is -2.46. The Morgan fingerprint density at radius 1 is 1.20 bits per heavy atom. The van der Waals surface area contributed by atoms with E-state index >= 15 is 0 Å². The molecule has 0 aliphatic carbocycles. The van der Waals surface area contributed by atoms with Gasteiger partial charge in [0.2, 0.25) is 5.91 Å². The molecule has 0 unspecified atom stereocenters. The molecule has 4 nitrogen and oxygen atoms in total. The summed E-state index contributed by atoms with van der Waals surface area (Å²) in [4.78, 5) is 12.2. The molecule has 1 heterocycles.